The van der Waals surface area contributed by atoms with Crippen molar-refractivity contribution in [2.24, 2.45) is 7.05 Å². The molecule has 0 atom stereocenters. The SMILES string of the molecule is Cc1ccc2cc(=O)n(C)c(=O)n2c1. The number of hydrogen-bond acceptors (Lipinski definition) is 2. The van der Waals surface area contributed by atoms with Gasteiger partial charge in [0.1, 0.15) is 0 Å². The van der Waals surface area contributed by atoms with Gasteiger partial charge < -0.3 is 0 Å². The lowest BCUT2D eigenvalue weighted by atomic mass is 10.3. The summed E-state index contributed by atoms with van der Waals surface area (Å²) in [5.74, 6) is 0. The number of aryl methyl sites for hydroxylation is 1. The summed E-state index contributed by atoms with van der Waals surface area (Å²) in [7, 11) is 1.47. The van der Waals surface area contributed by atoms with E-state index in [9.17, 15) is 9.59 Å². The first-order valence-corrected chi connectivity index (χ1v) is 4.28. The highest BCUT2D eigenvalue weighted by Crippen LogP contribution is 2.00. The normalized spacial score (nSPS) is 10.7. The van der Waals surface area contributed by atoms with E-state index in [1.54, 1.807) is 12.3 Å². The number of hydrogen-bond donors (Lipinski definition) is 0. The van der Waals surface area contributed by atoms with Crippen LogP contribution >= 0.6 is 0 Å². The summed E-state index contributed by atoms with van der Waals surface area (Å²) in [6.45, 7) is 1.90. The minimum atomic E-state index is -0.309. The second-order valence-electron chi connectivity index (χ2n) is 3.33. The van der Waals surface area contributed by atoms with Crippen molar-refractivity contribution in [3.05, 3.63) is 50.8 Å². The van der Waals surface area contributed by atoms with Crippen molar-refractivity contribution >= 4 is 5.52 Å². The van der Waals surface area contributed by atoms with Crippen LogP contribution in [0.15, 0.2) is 34.0 Å². The van der Waals surface area contributed by atoms with Crippen LogP contribution in [0.2, 0.25) is 0 Å². The molecule has 0 bridgehead atoms. The lowest BCUT2D eigenvalue weighted by Gasteiger charge is -2.03. The van der Waals surface area contributed by atoms with Crippen molar-refractivity contribution in [3.63, 3.8) is 0 Å². The van der Waals surface area contributed by atoms with Crippen LogP contribution in [0.25, 0.3) is 5.52 Å². The Balaban J connectivity index is 3.07. The fraction of sp³-hybridized carbons (Fsp3) is 0.200. The average molecular weight is 190 g/mol. The van der Waals surface area contributed by atoms with E-state index in [1.807, 2.05) is 13.0 Å². The summed E-state index contributed by atoms with van der Waals surface area (Å²) in [5.41, 5.74) is 1.03. The summed E-state index contributed by atoms with van der Waals surface area (Å²) in [5, 5.41) is 0. The van der Waals surface area contributed by atoms with E-state index in [0.29, 0.717) is 5.52 Å². The zero-order valence-corrected chi connectivity index (χ0v) is 8.02. The Morgan fingerprint density at radius 3 is 2.64 bits per heavy atom. The van der Waals surface area contributed by atoms with Crippen LogP contribution in [0.5, 0.6) is 0 Å². The predicted octanol–water partition coefficient (Wildman–Crippen LogP) is 0.307. The summed E-state index contributed by atoms with van der Waals surface area (Å²) < 4.78 is 2.56. The number of rotatable bonds is 0. The van der Waals surface area contributed by atoms with Gasteiger partial charge in [0, 0.05) is 19.3 Å². The minimum absolute atomic E-state index is 0.279. The zero-order chi connectivity index (χ0) is 10.3. The molecule has 72 valence electrons. The van der Waals surface area contributed by atoms with Crippen LogP contribution in [0.4, 0.5) is 0 Å². The van der Waals surface area contributed by atoms with Gasteiger partial charge in [0.15, 0.2) is 0 Å². The fourth-order valence-electron chi connectivity index (χ4n) is 1.38. The van der Waals surface area contributed by atoms with Gasteiger partial charge in [-0.25, -0.2) is 4.79 Å². The van der Waals surface area contributed by atoms with E-state index in [0.717, 1.165) is 10.1 Å². The Hall–Kier alpha value is -1.84. The predicted molar refractivity (Wildman–Crippen MR) is 53.6 cm³/mol. The highest BCUT2D eigenvalue weighted by Gasteiger charge is 2.01. The molecule has 0 aromatic carbocycles. The lowest BCUT2D eigenvalue weighted by molar-refractivity contribution is 0.755. The van der Waals surface area contributed by atoms with Crippen molar-refractivity contribution in [3.8, 4) is 0 Å². The molecule has 2 heterocycles. The molecule has 0 aliphatic carbocycles. The first kappa shape index (κ1) is 8.74. The molecule has 4 heteroatoms. The largest absolute Gasteiger partial charge is 0.335 e. The summed E-state index contributed by atoms with van der Waals surface area (Å²) in [6, 6.07) is 5.08. The smallest absolute Gasteiger partial charge is 0.269 e. The molecule has 2 rings (SSSR count). The number of pyridine rings is 1. The zero-order valence-electron chi connectivity index (χ0n) is 8.02. The summed E-state index contributed by atoms with van der Waals surface area (Å²) >= 11 is 0. The van der Waals surface area contributed by atoms with E-state index in [4.69, 9.17) is 0 Å². The number of fused-ring (bicyclic) bond motifs is 1. The average Bonchev–Trinajstić information content (AvgIpc) is 2.16. The Bertz CT molecular complexity index is 608. The van der Waals surface area contributed by atoms with E-state index in [2.05, 4.69) is 0 Å². The Morgan fingerprint density at radius 1 is 1.21 bits per heavy atom. The standard InChI is InChI=1S/C10H10N2O2/c1-7-3-4-8-5-9(13)11(2)10(14)12(8)6-7/h3-6H,1-2H3. The molecule has 0 saturated carbocycles. The van der Waals surface area contributed by atoms with Crippen LogP contribution in [-0.2, 0) is 7.05 Å². The van der Waals surface area contributed by atoms with Crippen LogP contribution in [-0.4, -0.2) is 8.97 Å². The monoisotopic (exact) mass is 190 g/mol. The summed E-state index contributed by atoms with van der Waals surface area (Å²) in [6.07, 6.45) is 1.72. The summed E-state index contributed by atoms with van der Waals surface area (Å²) in [4.78, 5) is 22.9. The van der Waals surface area contributed by atoms with Crippen LogP contribution in [0, 0.1) is 6.92 Å². The van der Waals surface area contributed by atoms with Crippen LogP contribution < -0.4 is 11.2 Å². The molecule has 14 heavy (non-hydrogen) atoms. The molecule has 0 fully saturated rings. The number of aromatic nitrogens is 2. The first-order chi connectivity index (χ1) is 6.59. The van der Waals surface area contributed by atoms with Crippen molar-refractivity contribution in [2.45, 2.75) is 6.92 Å². The fourth-order valence-corrected chi connectivity index (χ4v) is 1.38. The van der Waals surface area contributed by atoms with Crippen molar-refractivity contribution in [1.29, 1.82) is 0 Å². The van der Waals surface area contributed by atoms with E-state index in [-0.39, 0.29) is 11.2 Å². The Kier molecular flexibility index (Phi) is 1.77. The molecule has 0 amide bonds. The molecule has 0 aliphatic rings. The quantitative estimate of drug-likeness (QED) is 0.600. The lowest BCUT2D eigenvalue weighted by Crippen LogP contribution is -2.34. The molecule has 0 N–H and O–H groups in total. The van der Waals surface area contributed by atoms with Crippen molar-refractivity contribution < 1.29 is 0 Å². The Labute approximate surface area is 80.0 Å². The highest BCUT2D eigenvalue weighted by atomic mass is 16.2. The van der Waals surface area contributed by atoms with Gasteiger partial charge in [0.05, 0.1) is 5.52 Å². The van der Waals surface area contributed by atoms with Gasteiger partial charge in [0.25, 0.3) is 5.56 Å². The van der Waals surface area contributed by atoms with E-state index < -0.39 is 0 Å². The molecule has 0 saturated heterocycles. The maximum atomic E-state index is 11.6. The van der Waals surface area contributed by atoms with Crippen LogP contribution in [0.3, 0.4) is 0 Å². The van der Waals surface area contributed by atoms with Gasteiger partial charge in [0.2, 0.25) is 0 Å². The van der Waals surface area contributed by atoms with Crippen molar-refractivity contribution in [1.82, 2.24) is 8.97 Å². The third-order valence-electron chi connectivity index (χ3n) is 2.22. The molecule has 4 nitrogen and oxygen atoms in total. The molecule has 2 aromatic heterocycles. The van der Waals surface area contributed by atoms with E-state index >= 15 is 0 Å². The van der Waals surface area contributed by atoms with Gasteiger partial charge in [-0.15, -0.1) is 0 Å². The molecule has 0 unspecified atom stereocenters. The molecular formula is C10H10N2O2. The topological polar surface area (TPSA) is 43.5 Å². The molecular weight excluding hydrogens is 180 g/mol. The third-order valence-corrected chi connectivity index (χ3v) is 2.22. The van der Waals surface area contributed by atoms with Gasteiger partial charge in [-0.1, -0.05) is 6.07 Å². The van der Waals surface area contributed by atoms with Gasteiger partial charge in [-0.05, 0) is 18.6 Å². The van der Waals surface area contributed by atoms with Crippen LogP contribution in [0.1, 0.15) is 5.56 Å². The molecule has 0 aliphatic heterocycles. The molecule has 0 radical (unpaired) electrons. The first-order valence-electron chi connectivity index (χ1n) is 4.28. The highest BCUT2D eigenvalue weighted by molar-refractivity contribution is 5.45. The Morgan fingerprint density at radius 2 is 1.93 bits per heavy atom. The molecule has 0 spiro atoms. The van der Waals surface area contributed by atoms with Crippen molar-refractivity contribution in [2.75, 3.05) is 0 Å². The molecule has 2 aromatic rings. The minimum Gasteiger partial charge on any atom is -0.269 e. The van der Waals surface area contributed by atoms with Gasteiger partial charge in [-0.2, -0.15) is 0 Å². The van der Waals surface area contributed by atoms with E-state index in [1.165, 1.54) is 17.5 Å². The third kappa shape index (κ3) is 1.16. The maximum Gasteiger partial charge on any atom is 0.335 e. The van der Waals surface area contributed by atoms with Gasteiger partial charge >= 0.3 is 5.69 Å². The van der Waals surface area contributed by atoms with Gasteiger partial charge in [-0.3, -0.25) is 13.8 Å². The maximum absolute atomic E-state index is 11.6. The second kappa shape index (κ2) is 2.83. The second-order valence-corrected chi connectivity index (χ2v) is 3.33. The number of nitrogens with zero attached hydrogens (tertiary/aromatic N) is 2.